The summed E-state index contributed by atoms with van der Waals surface area (Å²) in [6, 6.07) is 35.6. The SMILES string of the molecule is N#Cc1c(N=Cc2cc(Br)cc(Br)c2OCc2ccccc2)oc(-c2ccccc2)c1-c1ccccc1. The summed E-state index contributed by atoms with van der Waals surface area (Å²) in [7, 11) is 0. The van der Waals surface area contributed by atoms with E-state index >= 15 is 0 Å². The van der Waals surface area contributed by atoms with Gasteiger partial charge in [0.1, 0.15) is 29.7 Å². The molecule has 0 radical (unpaired) electrons. The van der Waals surface area contributed by atoms with Gasteiger partial charge in [-0.15, -0.1) is 0 Å². The molecule has 0 atom stereocenters. The van der Waals surface area contributed by atoms with Gasteiger partial charge in [0, 0.05) is 27.4 Å². The second-order valence-corrected chi connectivity index (χ2v) is 9.94. The molecular formula is C31H20Br2N2O2. The number of ether oxygens (including phenoxy) is 1. The first-order valence-electron chi connectivity index (χ1n) is 11.5. The molecule has 5 aromatic rings. The van der Waals surface area contributed by atoms with Crippen LogP contribution in [-0.2, 0) is 6.61 Å². The zero-order valence-electron chi connectivity index (χ0n) is 19.6. The van der Waals surface area contributed by atoms with Gasteiger partial charge in [0.15, 0.2) is 0 Å². The maximum absolute atomic E-state index is 10.1. The van der Waals surface area contributed by atoms with Crippen molar-refractivity contribution in [2.45, 2.75) is 6.61 Å². The van der Waals surface area contributed by atoms with Crippen molar-refractivity contribution in [2.24, 2.45) is 4.99 Å². The summed E-state index contributed by atoms with van der Waals surface area (Å²) in [5.74, 6) is 1.49. The van der Waals surface area contributed by atoms with Gasteiger partial charge in [0.25, 0.3) is 0 Å². The lowest BCUT2D eigenvalue weighted by Gasteiger charge is -2.12. The average molecular weight is 612 g/mol. The topological polar surface area (TPSA) is 58.5 Å². The first kappa shape index (κ1) is 24.8. The van der Waals surface area contributed by atoms with Gasteiger partial charge >= 0.3 is 0 Å². The molecule has 1 aromatic heterocycles. The highest BCUT2D eigenvalue weighted by molar-refractivity contribution is 9.11. The summed E-state index contributed by atoms with van der Waals surface area (Å²) in [5, 5.41) is 10.1. The molecule has 4 nitrogen and oxygen atoms in total. The molecule has 0 spiro atoms. The van der Waals surface area contributed by atoms with E-state index in [4.69, 9.17) is 9.15 Å². The van der Waals surface area contributed by atoms with E-state index in [2.05, 4.69) is 42.9 Å². The van der Waals surface area contributed by atoms with E-state index in [1.54, 1.807) is 6.21 Å². The van der Waals surface area contributed by atoms with E-state index in [1.807, 2.05) is 103 Å². The molecule has 0 aliphatic carbocycles. The fourth-order valence-electron chi connectivity index (χ4n) is 3.97. The van der Waals surface area contributed by atoms with Crippen LogP contribution < -0.4 is 4.74 Å². The van der Waals surface area contributed by atoms with Crippen molar-refractivity contribution in [3.8, 4) is 34.3 Å². The molecule has 0 amide bonds. The van der Waals surface area contributed by atoms with Crippen LogP contribution in [0.15, 0.2) is 121 Å². The fraction of sp³-hybridized carbons (Fsp3) is 0.0323. The van der Waals surface area contributed by atoms with Gasteiger partial charge in [-0.3, -0.25) is 0 Å². The Morgan fingerprint density at radius 3 is 2.11 bits per heavy atom. The molecule has 0 aliphatic heterocycles. The third-order valence-corrected chi connectivity index (χ3v) is 6.73. The Kier molecular flexibility index (Phi) is 7.65. The Morgan fingerprint density at radius 2 is 1.46 bits per heavy atom. The van der Waals surface area contributed by atoms with Crippen LogP contribution in [0, 0.1) is 11.3 Å². The van der Waals surface area contributed by atoms with Crippen LogP contribution in [0.5, 0.6) is 5.75 Å². The highest BCUT2D eigenvalue weighted by Crippen LogP contribution is 2.42. The van der Waals surface area contributed by atoms with E-state index in [1.165, 1.54) is 0 Å². The summed E-state index contributed by atoms with van der Waals surface area (Å²) in [6.07, 6.45) is 1.67. The van der Waals surface area contributed by atoms with Crippen LogP contribution in [-0.4, -0.2) is 6.21 Å². The van der Waals surface area contributed by atoms with Gasteiger partial charge < -0.3 is 9.15 Å². The van der Waals surface area contributed by atoms with Crippen LogP contribution in [0.4, 0.5) is 5.88 Å². The number of halogens is 2. The molecule has 0 unspecified atom stereocenters. The van der Waals surface area contributed by atoms with E-state index in [0.29, 0.717) is 23.7 Å². The van der Waals surface area contributed by atoms with Gasteiger partial charge in [0.05, 0.1) is 4.47 Å². The summed E-state index contributed by atoms with van der Waals surface area (Å²) in [5.41, 5.74) is 4.65. The van der Waals surface area contributed by atoms with E-state index in [0.717, 1.165) is 36.8 Å². The van der Waals surface area contributed by atoms with Crippen LogP contribution >= 0.6 is 31.9 Å². The largest absolute Gasteiger partial charge is 0.487 e. The van der Waals surface area contributed by atoms with Gasteiger partial charge in [-0.1, -0.05) is 107 Å². The summed E-state index contributed by atoms with van der Waals surface area (Å²) >= 11 is 7.16. The van der Waals surface area contributed by atoms with Crippen molar-refractivity contribution in [3.05, 3.63) is 129 Å². The third kappa shape index (κ3) is 5.59. The molecule has 37 heavy (non-hydrogen) atoms. The number of nitrogens with zero attached hydrogens (tertiary/aromatic N) is 2. The van der Waals surface area contributed by atoms with Crippen LogP contribution in [0.25, 0.3) is 22.5 Å². The minimum atomic E-state index is 0.241. The molecule has 180 valence electrons. The number of aliphatic imine (C=N–C) groups is 1. The molecule has 5 rings (SSSR count). The second kappa shape index (κ2) is 11.4. The zero-order valence-corrected chi connectivity index (χ0v) is 22.7. The monoisotopic (exact) mass is 610 g/mol. The number of hydrogen-bond acceptors (Lipinski definition) is 4. The van der Waals surface area contributed by atoms with Crippen molar-refractivity contribution < 1.29 is 9.15 Å². The maximum Gasteiger partial charge on any atom is 0.238 e. The van der Waals surface area contributed by atoms with Gasteiger partial charge in [-0.2, -0.15) is 5.26 Å². The number of nitriles is 1. The molecule has 0 saturated heterocycles. The van der Waals surface area contributed by atoms with Crippen LogP contribution in [0.2, 0.25) is 0 Å². The predicted molar refractivity (Wildman–Crippen MR) is 154 cm³/mol. The number of hydrogen-bond donors (Lipinski definition) is 0. The van der Waals surface area contributed by atoms with Gasteiger partial charge in [-0.05, 0) is 39.2 Å². The van der Waals surface area contributed by atoms with Crippen molar-refractivity contribution in [3.63, 3.8) is 0 Å². The highest BCUT2D eigenvalue weighted by atomic mass is 79.9. The molecule has 1 heterocycles. The molecular weight excluding hydrogens is 592 g/mol. The molecule has 0 bridgehead atoms. The fourth-order valence-corrected chi connectivity index (χ4v) is 5.35. The van der Waals surface area contributed by atoms with Crippen molar-refractivity contribution >= 4 is 44.0 Å². The number of furan rings is 1. The number of rotatable bonds is 7. The normalized spacial score (nSPS) is 10.9. The van der Waals surface area contributed by atoms with Crippen molar-refractivity contribution in [1.82, 2.24) is 0 Å². The smallest absolute Gasteiger partial charge is 0.238 e. The maximum atomic E-state index is 10.1. The van der Waals surface area contributed by atoms with Crippen LogP contribution in [0.1, 0.15) is 16.7 Å². The van der Waals surface area contributed by atoms with E-state index < -0.39 is 0 Å². The molecule has 6 heteroatoms. The summed E-state index contributed by atoms with van der Waals surface area (Å²) < 4.78 is 14.1. The first-order valence-corrected chi connectivity index (χ1v) is 13.1. The predicted octanol–water partition coefficient (Wildman–Crippen LogP) is 9.34. The van der Waals surface area contributed by atoms with E-state index in [-0.39, 0.29) is 5.88 Å². The Morgan fingerprint density at radius 1 is 0.838 bits per heavy atom. The van der Waals surface area contributed by atoms with Gasteiger partial charge in [0.2, 0.25) is 5.88 Å². The lowest BCUT2D eigenvalue weighted by atomic mass is 9.98. The lowest BCUT2D eigenvalue weighted by Crippen LogP contribution is -1.99. The zero-order chi connectivity index (χ0) is 25.6. The molecule has 0 N–H and O–H groups in total. The Labute approximate surface area is 232 Å². The molecule has 0 fully saturated rings. The minimum absolute atomic E-state index is 0.241. The lowest BCUT2D eigenvalue weighted by molar-refractivity contribution is 0.304. The summed E-state index contributed by atoms with van der Waals surface area (Å²) in [4.78, 5) is 4.64. The minimum Gasteiger partial charge on any atom is -0.487 e. The van der Waals surface area contributed by atoms with Crippen molar-refractivity contribution in [1.29, 1.82) is 5.26 Å². The number of benzene rings is 4. The Bertz CT molecular complexity index is 1590. The summed E-state index contributed by atoms with van der Waals surface area (Å²) in [6.45, 7) is 0.405. The van der Waals surface area contributed by atoms with Crippen molar-refractivity contribution in [2.75, 3.05) is 0 Å². The van der Waals surface area contributed by atoms with Crippen LogP contribution in [0.3, 0.4) is 0 Å². The molecule has 0 saturated carbocycles. The molecule has 4 aromatic carbocycles. The first-order chi connectivity index (χ1) is 18.1. The Hall–Kier alpha value is -3.92. The van der Waals surface area contributed by atoms with Gasteiger partial charge in [-0.25, -0.2) is 4.99 Å². The standard InChI is InChI=1S/C31H20Br2N2O2/c32-25-16-24(29(27(33)17-25)36-20-21-10-4-1-5-11-21)19-35-31-26(18-34)28(22-12-6-2-7-13-22)30(37-31)23-14-8-3-9-15-23/h1-17,19H,20H2. The quantitative estimate of drug-likeness (QED) is 0.172. The second-order valence-electron chi connectivity index (χ2n) is 8.17. The average Bonchev–Trinajstić information content (AvgIpc) is 3.31. The highest BCUT2D eigenvalue weighted by Gasteiger charge is 2.22. The molecule has 0 aliphatic rings. The van der Waals surface area contributed by atoms with E-state index in [9.17, 15) is 5.26 Å². The third-order valence-electron chi connectivity index (χ3n) is 5.68. The Balaban J connectivity index is 1.58.